The lowest BCUT2D eigenvalue weighted by atomic mass is 9.97. The number of nitrogens with zero attached hydrogens (tertiary/aromatic N) is 1. The van der Waals surface area contributed by atoms with Crippen molar-refractivity contribution in [1.29, 1.82) is 0 Å². The maximum absolute atomic E-state index is 13.1. The molecule has 0 spiro atoms. The van der Waals surface area contributed by atoms with Gasteiger partial charge in [0.15, 0.2) is 5.75 Å². The lowest BCUT2D eigenvalue weighted by Gasteiger charge is -2.30. The Morgan fingerprint density at radius 2 is 1.58 bits per heavy atom. The number of alkyl halides is 3. The molecule has 1 N–H and O–H groups in total. The second kappa shape index (κ2) is 9.03. The standard InChI is InChI=1S/C23H21F3N2O4S/c24-23(25,26)32-21-8-4-3-7-20(21)27-22(29)17-11-13-28(14-12-17)33(30,31)19-10-9-16-5-1-2-6-18(16)15-19/h1-10,15,17H,11-14H2,(H,27,29). The number of amides is 1. The van der Waals surface area contributed by atoms with Crippen LogP contribution in [0.2, 0.25) is 0 Å². The molecular formula is C23H21F3N2O4S. The van der Waals surface area contributed by atoms with Crippen molar-refractivity contribution in [1.82, 2.24) is 4.31 Å². The average Bonchev–Trinajstić information content (AvgIpc) is 2.79. The molecular weight excluding hydrogens is 457 g/mol. The topological polar surface area (TPSA) is 75.7 Å². The zero-order chi connectivity index (χ0) is 23.6. The molecule has 0 atom stereocenters. The van der Waals surface area contributed by atoms with Crippen LogP contribution in [0.3, 0.4) is 0 Å². The quantitative estimate of drug-likeness (QED) is 0.573. The molecule has 0 aliphatic carbocycles. The van der Waals surface area contributed by atoms with E-state index >= 15 is 0 Å². The summed E-state index contributed by atoms with van der Waals surface area (Å²) in [5.74, 6) is -1.52. The van der Waals surface area contributed by atoms with Gasteiger partial charge in [-0.3, -0.25) is 4.79 Å². The fraction of sp³-hybridized carbons (Fsp3) is 0.261. The molecule has 4 rings (SSSR count). The number of nitrogens with one attached hydrogen (secondary N) is 1. The molecule has 174 valence electrons. The Morgan fingerprint density at radius 3 is 2.27 bits per heavy atom. The van der Waals surface area contributed by atoms with E-state index in [-0.39, 0.29) is 36.5 Å². The highest BCUT2D eigenvalue weighted by Crippen LogP contribution is 2.32. The number of carbonyl (C=O) groups excluding carboxylic acids is 1. The van der Waals surface area contributed by atoms with E-state index in [1.165, 1.54) is 22.5 Å². The van der Waals surface area contributed by atoms with Crippen molar-refractivity contribution in [2.24, 2.45) is 5.92 Å². The van der Waals surface area contributed by atoms with Crippen molar-refractivity contribution in [2.75, 3.05) is 18.4 Å². The second-order valence-electron chi connectivity index (χ2n) is 7.72. The third-order valence-electron chi connectivity index (χ3n) is 5.55. The number of piperidine rings is 1. The number of anilines is 1. The van der Waals surface area contributed by atoms with Crippen LogP contribution in [-0.4, -0.2) is 38.1 Å². The Bertz CT molecular complexity index is 1270. The zero-order valence-electron chi connectivity index (χ0n) is 17.4. The fourth-order valence-corrected chi connectivity index (χ4v) is 5.36. The van der Waals surface area contributed by atoms with E-state index in [1.807, 2.05) is 24.3 Å². The van der Waals surface area contributed by atoms with Crippen molar-refractivity contribution in [2.45, 2.75) is 24.1 Å². The number of para-hydroxylation sites is 2. The van der Waals surface area contributed by atoms with Gasteiger partial charge >= 0.3 is 6.36 Å². The molecule has 0 saturated carbocycles. The van der Waals surface area contributed by atoms with Gasteiger partial charge in [-0.25, -0.2) is 8.42 Å². The highest BCUT2D eigenvalue weighted by Gasteiger charge is 2.34. The normalized spacial score (nSPS) is 16.0. The van der Waals surface area contributed by atoms with Crippen LogP contribution in [0.1, 0.15) is 12.8 Å². The molecule has 3 aromatic carbocycles. The smallest absolute Gasteiger partial charge is 0.404 e. The minimum Gasteiger partial charge on any atom is -0.404 e. The molecule has 1 aliphatic heterocycles. The first-order valence-electron chi connectivity index (χ1n) is 10.3. The van der Waals surface area contributed by atoms with Crippen molar-refractivity contribution < 1.29 is 31.1 Å². The van der Waals surface area contributed by atoms with E-state index in [2.05, 4.69) is 10.1 Å². The maximum atomic E-state index is 13.1. The Morgan fingerprint density at radius 1 is 0.939 bits per heavy atom. The number of fused-ring (bicyclic) bond motifs is 1. The molecule has 1 heterocycles. The van der Waals surface area contributed by atoms with Gasteiger partial charge in [0.2, 0.25) is 15.9 Å². The number of carbonyl (C=O) groups is 1. The number of ether oxygens (including phenoxy) is 1. The van der Waals surface area contributed by atoms with Crippen LogP contribution < -0.4 is 10.1 Å². The highest BCUT2D eigenvalue weighted by atomic mass is 32.2. The third-order valence-corrected chi connectivity index (χ3v) is 7.45. The molecule has 0 aromatic heterocycles. The van der Waals surface area contributed by atoms with Crippen LogP contribution in [0.15, 0.2) is 71.6 Å². The van der Waals surface area contributed by atoms with Gasteiger partial charge in [-0.1, -0.05) is 42.5 Å². The van der Waals surface area contributed by atoms with Crippen LogP contribution in [-0.2, 0) is 14.8 Å². The van der Waals surface area contributed by atoms with Gasteiger partial charge < -0.3 is 10.1 Å². The molecule has 6 nitrogen and oxygen atoms in total. The fourth-order valence-electron chi connectivity index (χ4n) is 3.85. The van der Waals surface area contributed by atoms with Crippen LogP contribution in [0.5, 0.6) is 5.75 Å². The lowest BCUT2D eigenvalue weighted by molar-refractivity contribution is -0.274. The summed E-state index contributed by atoms with van der Waals surface area (Å²) >= 11 is 0. The largest absolute Gasteiger partial charge is 0.573 e. The second-order valence-corrected chi connectivity index (χ2v) is 9.66. The Kier molecular flexibility index (Phi) is 6.31. The van der Waals surface area contributed by atoms with Gasteiger partial charge in [-0.2, -0.15) is 4.31 Å². The number of hydrogen-bond acceptors (Lipinski definition) is 4. The third kappa shape index (κ3) is 5.28. The average molecular weight is 478 g/mol. The summed E-state index contributed by atoms with van der Waals surface area (Å²) in [6, 6.07) is 17.7. The van der Waals surface area contributed by atoms with Gasteiger partial charge in [0.25, 0.3) is 0 Å². The molecule has 0 radical (unpaired) electrons. The van der Waals surface area contributed by atoms with E-state index in [9.17, 15) is 26.4 Å². The minimum absolute atomic E-state index is 0.0916. The highest BCUT2D eigenvalue weighted by molar-refractivity contribution is 7.89. The van der Waals surface area contributed by atoms with Gasteiger partial charge in [-0.05, 0) is 47.9 Å². The summed E-state index contributed by atoms with van der Waals surface area (Å²) in [6.07, 6.45) is -4.38. The van der Waals surface area contributed by atoms with Crippen molar-refractivity contribution in [3.8, 4) is 5.75 Å². The predicted octanol–water partition coefficient (Wildman–Crippen LogP) is 4.78. The monoisotopic (exact) mass is 478 g/mol. The summed E-state index contributed by atoms with van der Waals surface area (Å²) in [5, 5.41) is 4.22. The molecule has 33 heavy (non-hydrogen) atoms. The van der Waals surface area contributed by atoms with Crippen molar-refractivity contribution in [3.05, 3.63) is 66.7 Å². The predicted molar refractivity (Wildman–Crippen MR) is 117 cm³/mol. The van der Waals surface area contributed by atoms with Gasteiger partial charge in [0, 0.05) is 19.0 Å². The maximum Gasteiger partial charge on any atom is 0.573 e. The first-order valence-corrected chi connectivity index (χ1v) is 11.7. The molecule has 1 amide bonds. The first kappa shape index (κ1) is 23.1. The minimum atomic E-state index is -4.89. The summed E-state index contributed by atoms with van der Waals surface area (Å²) in [4.78, 5) is 12.8. The molecule has 1 aliphatic rings. The van der Waals surface area contributed by atoms with Gasteiger partial charge in [-0.15, -0.1) is 13.2 Å². The van der Waals surface area contributed by atoms with Crippen molar-refractivity contribution >= 4 is 32.4 Å². The molecule has 0 bridgehead atoms. The molecule has 3 aromatic rings. The zero-order valence-corrected chi connectivity index (χ0v) is 18.2. The summed E-state index contributed by atoms with van der Waals surface area (Å²) in [5.41, 5.74) is -0.0916. The molecule has 1 saturated heterocycles. The van der Waals surface area contributed by atoms with Crippen molar-refractivity contribution in [3.63, 3.8) is 0 Å². The molecule has 10 heteroatoms. The van der Waals surface area contributed by atoms with Gasteiger partial charge in [0.1, 0.15) is 0 Å². The summed E-state index contributed by atoms with van der Waals surface area (Å²) in [7, 11) is -3.73. The molecule has 0 unspecified atom stereocenters. The van der Waals surface area contributed by atoms with E-state index in [4.69, 9.17) is 0 Å². The van der Waals surface area contributed by atoms with E-state index in [0.717, 1.165) is 16.8 Å². The van der Waals surface area contributed by atoms with E-state index in [1.54, 1.807) is 18.2 Å². The number of halogens is 3. The van der Waals surface area contributed by atoms with Gasteiger partial charge in [0.05, 0.1) is 10.6 Å². The van der Waals surface area contributed by atoms with Crippen LogP contribution in [0.4, 0.5) is 18.9 Å². The number of benzene rings is 3. The Hall–Kier alpha value is -3.11. The lowest BCUT2D eigenvalue weighted by Crippen LogP contribution is -2.41. The number of hydrogen-bond donors (Lipinski definition) is 1. The summed E-state index contributed by atoms with van der Waals surface area (Å²) in [6.45, 7) is 0.266. The Labute approximate surface area is 189 Å². The van der Waals surface area contributed by atoms with E-state index < -0.39 is 34.0 Å². The summed E-state index contributed by atoms with van der Waals surface area (Å²) < 4.78 is 69.2. The van der Waals surface area contributed by atoms with Crippen LogP contribution in [0.25, 0.3) is 10.8 Å². The Balaban J connectivity index is 1.42. The first-order chi connectivity index (χ1) is 15.6. The number of rotatable bonds is 5. The number of sulfonamides is 1. The SMILES string of the molecule is O=C(Nc1ccccc1OC(F)(F)F)C1CCN(S(=O)(=O)c2ccc3ccccc3c2)CC1. The van der Waals surface area contributed by atoms with Crippen LogP contribution >= 0.6 is 0 Å². The van der Waals surface area contributed by atoms with Crippen LogP contribution in [0, 0.1) is 5.92 Å². The molecule has 1 fully saturated rings. The van der Waals surface area contributed by atoms with E-state index in [0.29, 0.717) is 0 Å².